The van der Waals surface area contributed by atoms with Gasteiger partial charge in [0.1, 0.15) is 5.75 Å². The first-order chi connectivity index (χ1) is 10.2. The van der Waals surface area contributed by atoms with Gasteiger partial charge in [0.2, 0.25) is 5.88 Å². The van der Waals surface area contributed by atoms with Crippen molar-refractivity contribution in [3.8, 4) is 11.6 Å². The van der Waals surface area contributed by atoms with Crippen molar-refractivity contribution in [2.75, 3.05) is 20.8 Å². The standard InChI is InChI=1S/C16H19ClN2O2/c1-4-18-15(12-6-5-9-19-16(12)21-3)13-10-11(17)7-8-14(13)20-2/h5-10,15,18H,4H2,1-3H3. The van der Waals surface area contributed by atoms with Crippen LogP contribution >= 0.6 is 11.6 Å². The normalized spacial score (nSPS) is 12.0. The van der Waals surface area contributed by atoms with Crippen LogP contribution in [0.4, 0.5) is 0 Å². The zero-order chi connectivity index (χ0) is 15.2. The molecule has 4 nitrogen and oxygen atoms in total. The fraction of sp³-hybridized carbons (Fsp3) is 0.312. The lowest BCUT2D eigenvalue weighted by Gasteiger charge is -2.22. The SMILES string of the molecule is CCNC(c1cc(Cl)ccc1OC)c1cccnc1OC. The van der Waals surface area contributed by atoms with Gasteiger partial charge < -0.3 is 14.8 Å². The summed E-state index contributed by atoms with van der Waals surface area (Å²) in [6.07, 6.45) is 1.71. The maximum absolute atomic E-state index is 6.15. The average molecular weight is 307 g/mol. The van der Waals surface area contributed by atoms with Crippen LogP contribution in [0.2, 0.25) is 5.02 Å². The van der Waals surface area contributed by atoms with Crippen molar-refractivity contribution in [2.45, 2.75) is 13.0 Å². The number of hydrogen-bond acceptors (Lipinski definition) is 4. The van der Waals surface area contributed by atoms with Crippen LogP contribution in [-0.2, 0) is 0 Å². The molecule has 5 heteroatoms. The summed E-state index contributed by atoms with van der Waals surface area (Å²) >= 11 is 6.15. The van der Waals surface area contributed by atoms with Crippen molar-refractivity contribution in [3.05, 3.63) is 52.7 Å². The Labute approximate surface area is 130 Å². The Hall–Kier alpha value is -1.78. The number of ether oxygens (including phenoxy) is 2. The molecule has 0 fully saturated rings. The van der Waals surface area contributed by atoms with E-state index < -0.39 is 0 Å². The molecule has 0 saturated carbocycles. The minimum absolute atomic E-state index is 0.104. The number of nitrogens with zero attached hydrogens (tertiary/aromatic N) is 1. The summed E-state index contributed by atoms with van der Waals surface area (Å²) in [4.78, 5) is 4.27. The van der Waals surface area contributed by atoms with Gasteiger partial charge in [-0.05, 0) is 30.8 Å². The number of halogens is 1. The van der Waals surface area contributed by atoms with Gasteiger partial charge in [0, 0.05) is 22.3 Å². The Balaban J connectivity index is 2.55. The van der Waals surface area contributed by atoms with Gasteiger partial charge >= 0.3 is 0 Å². The summed E-state index contributed by atoms with van der Waals surface area (Å²) in [6, 6.07) is 9.35. The first kappa shape index (κ1) is 15.6. The molecule has 2 rings (SSSR count). The average Bonchev–Trinajstić information content (AvgIpc) is 2.52. The molecule has 0 aliphatic rings. The highest BCUT2D eigenvalue weighted by Gasteiger charge is 2.21. The Morgan fingerprint density at radius 1 is 1.19 bits per heavy atom. The van der Waals surface area contributed by atoms with Crippen molar-refractivity contribution >= 4 is 11.6 Å². The molecular weight excluding hydrogens is 288 g/mol. The van der Waals surface area contributed by atoms with Gasteiger partial charge in [-0.3, -0.25) is 0 Å². The fourth-order valence-electron chi connectivity index (χ4n) is 2.32. The van der Waals surface area contributed by atoms with Crippen LogP contribution in [0.25, 0.3) is 0 Å². The second-order valence-corrected chi connectivity index (χ2v) is 4.92. The largest absolute Gasteiger partial charge is 0.496 e. The number of rotatable bonds is 6. The van der Waals surface area contributed by atoms with Crippen LogP contribution in [0.3, 0.4) is 0 Å². The first-order valence-corrected chi connectivity index (χ1v) is 7.14. The van der Waals surface area contributed by atoms with Crippen molar-refractivity contribution in [1.82, 2.24) is 10.3 Å². The fourth-order valence-corrected chi connectivity index (χ4v) is 2.50. The molecule has 1 N–H and O–H groups in total. The Morgan fingerprint density at radius 3 is 2.67 bits per heavy atom. The summed E-state index contributed by atoms with van der Waals surface area (Å²) < 4.78 is 10.8. The zero-order valence-electron chi connectivity index (χ0n) is 12.4. The predicted molar refractivity (Wildman–Crippen MR) is 84.3 cm³/mol. The van der Waals surface area contributed by atoms with Crippen LogP contribution in [0.5, 0.6) is 11.6 Å². The molecule has 0 amide bonds. The second kappa shape index (κ2) is 7.29. The molecule has 0 saturated heterocycles. The molecule has 0 aliphatic heterocycles. The third-order valence-electron chi connectivity index (χ3n) is 3.22. The van der Waals surface area contributed by atoms with Gasteiger partial charge in [-0.2, -0.15) is 0 Å². The molecule has 21 heavy (non-hydrogen) atoms. The smallest absolute Gasteiger partial charge is 0.218 e. The van der Waals surface area contributed by atoms with Crippen LogP contribution < -0.4 is 14.8 Å². The highest BCUT2D eigenvalue weighted by atomic mass is 35.5. The van der Waals surface area contributed by atoms with E-state index in [1.54, 1.807) is 20.4 Å². The van der Waals surface area contributed by atoms with Crippen molar-refractivity contribution in [3.63, 3.8) is 0 Å². The third kappa shape index (κ3) is 3.46. The lowest BCUT2D eigenvalue weighted by Crippen LogP contribution is -2.23. The third-order valence-corrected chi connectivity index (χ3v) is 3.45. The van der Waals surface area contributed by atoms with Crippen molar-refractivity contribution in [2.24, 2.45) is 0 Å². The molecule has 0 spiro atoms. The number of benzene rings is 1. The summed E-state index contributed by atoms with van der Waals surface area (Å²) in [6.45, 7) is 2.84. The van der Waals surface area contributed by atoms with E-state index in [4.69, 9.17) is 21.1 Å². The number of aromatic nitrogens is 1. The maximum Gasteiger partial charge on any atom is 0.218 e. The predicted octanol–water partition coefficient (Wildman–Crippen LogP) is 3.45. The number of nitrogens with one attached hydrogen (secondary N) is 1. The van der Waals surface area contributed by atoms with Crippen LogP contribution in [0.1, 0.15) is 24.1 Å². The van der Waals surface area contributed by atoms with E-state index in [-0.39, 0.29) is 6.04 Å². The molecule has 112 valence electrons. The van der Waals surface area contributed by atoms with E-state index in [9.17, 15) is 0 Å². The maximum atomic E-state index is 6.15. The molecule has 2 aromatic rings. The van der Waals surface area contributed by atoms with Gasteiger partial charge in [-0.1, -0.05) is 24.6 Å². The summed E-state index contributed by atoms with van der Waals surface area (Å²) in [5, 5.41) is 4.10. The zero-order valence-corrected chi connectivity index (χ0v) is 13.1. The minimum Gasteiger partial charge on any atom is -0.496 e. The number of methoxy groups -OCH3 is 2. The number of pyridine rings is 1. The van der Waals surface area contributed by atoms with E-state index in [2.05, 4.69) is 10.3 Å². The Morgan fingerprint density at radius 2 is 2.00 bits per heavy atom. The molecule has 1 atom stereocenters. The molecule has 1 heterocycles. The lowest BCUT2D eigenvalue weighted by molar-refractivity contribution is 0.382. The highest BCUT2D eigenvalue weighted by Crippen LogP contribution is 2.35. The van der Waals surface area contributed by atoms with E-state index in [0.29, 0.717) is 10.9 Å². The van der Waals surface area contributed by atoms with E-state index in [0.717, 1.165) is 23.4 Å². The van der Waals surface area contributed by atoms with Gasteiger partial charge in [0.25, 0.3) is 0 Å². The van der Waals surface area contributed by atoms with Gasteiger partial charge in [0.15, 0.2) is 0 Å². The molecule has 1 aromatic heterocycles. The minimum atomic E-state index is -0.104. The monoisotopic (exact) mass is 306 g/mol. The topological polar surface area (TPSA) is 43.4 Å². The van der Waals surface area contributed by atoms with Gasteiger partial charge in [0.05, 0.1) is 20.3 Å². The quantitative estimate of drug-likeness (QED) is 0.887. The van der Waals surface area contributed by atoms with E-state index in [1.165, 1.54) is 0 Å². The number of hydrogen-bond donors (Lipinski definition) is 1. The molecule has 1 unspecified atom stereocenters. The molecule has 0 bridgehead atoms. The van der Waals surface area contributed by atoms with Crippen LogP contribution in [0, 0.1) is 0 Å². The van der Waals surface area contributed by atoms with Crippen molar-refractivity contribution in [1.29, 1.82) is 0 Å². The Bertz CT molecular complexity index is 605. The highest BCUT2D eigenvalue weighted by molar-refractivity contribution is 6.30. The van der Waals surface area contributed by atoms with E-state index in [1.807, 2.05) is 37.3 Å². The van der Waals surface area contributed by atoms with Gasteiger partial charge in [-0.25, -0.2) is 4.98 Å². The summed E-state index contributed by atoms with van der Waals surface area (Å²) in [5.41, 5.74) is 1.90. The second-order valence-electron chi connectivity index (χ2n) is 4.48. The Kier molecular flexibility index (Phi) is 5.42. The molecule has 0 aliphatic carbocycles. The van der Waals surface area contributed by atoms with Crippen LogP contribution in [0.15, 0.2) is 36.5 Å². The van der Waals surface area contributed by atoms with E-state index >= 15 is 0 Å². The van der Waals surface area contributed by atoms with Crippen molar-refractivity contribution < 1.29 is 9.47 Å². The van der Waals surface area contributed by atoms with Crippen LogP contribution in [-0.4, -0.2) is 25.7 Å². The summed E-state index contributed by atoms with van der Waals surface area (Å²) in [7, 11) is 3.26. The molecular formula is C16H19ClN2O2. The molecule has 0 radical (unpaired) electrons. The first-order valence-electron chi connectivity index (χ1n) is 6.77. The van der Waals surface area contributed by atoms with Gasteiger partial charge in [-0.15, -0.1) is 0 Å². The lowest BCUT2D eigenvalue weighted by atomic mass is 9.98. The summed E-state index contributed by atoms with van der Waals surface area (Å²) in [5.74, 6) is 1.36. The molecule has 1 aromatic carbocycles.